The van der Waals surface area contributed by atoms with E-state index in [0.717, 1.165) is 22.4 Å². The van der Waals surface area contributed by atoms with Crippen molar-refractivity contribution in [2.45, 2.75) is 39.3 Å². The summed E-state index contributed by atoms with van der Waals surface area (Å²) in [5.74, 6) is -0.321. The maximum absolute atomic E-state index is 13.4. The van der Waals surface area contributed by atoms with E-state index >= 15 is 0 Å². The van der Waals surface area contributed by atoms with E-state index in [2.05, 4.69) is 5.32 Å². The van der Waals surface area contributed by atoms with Crippen LogP contribution < -0.4 is 10.2 Å². The normalized spacial score (nSPS) is 11.1. The Morgan fingerprint density at radius 1 is 0.818 bits per heavy atom. The first kappa shape index (κ1) is 24.1. The van der Waals surface area contributed by atoms with Crippen LogP contribution >= 0.6 is 0 Å². The van der Waals surface area contributed by atoms with Gasteiger partial charge in [-0.25, -0.2) is 0 Å². The van der Waals surface area contributed by atoms with Crippen molar-refractivity contribution < 1.29 is 9.59 Å². The van der Waals surface area contributed by atoms with Crippen molar-refractivity contribution in [1.29, 1.82) is 0 Å². The second-order valence-corrected chi connectivity index (χ2v) is 9.08. The molecule has 0 atom stereocenters. The highest BCUT2D eigenvalue weighted by Crippen LogP contribution is 2.24. The number of carbonyl (C=O) groups excluding carboxylic acids is 2. The molecule has 0 saturated heterocycles. The molecule has 0 aliphatic heterocycles. The number of amides is 2. The lowest BCUT2D eigenvalue weighted by Crippen LogP contribution is -2.55. The number of rotatable bonds is 8. The molecule has 0 unspecified atom stereocenters. The lowest BCUT2D eigenvalue weighted by molar-refractivity contribution is -0.144. The van der Waals surface area contributed by atoms with Gasteiger partial charge in [0.1, 0.15) is 5.54 Å². The number of carbonyl (C=O) groups is 2. The van der Waals surface area contributed by atoms with Crippen molar-refractivity contribution in [2.24, 2.45) is 0 Å². The Labute approximate surface area is 197 Å². The predicted octanol–water partition coefficient (Wildman–Crippen LogP) is 5.05. The molecule has 0 aliphatic carbocycles. The average Bonchev–Trinajstić information content (AvgIpc) is 2.79. The zero-order chi connectivity index (χ0) is 24.0. The van der Waals surface area contributed by atoms with Crippen molar-refractivity contribution >= 4 is 23.2 Å². The van der Waals surface area contributed by atoms with Crippen LogP contribution in [0.1, 0.15) is 30.5 Å². The van der Waals surface area contributed by atoms with Gasteiger partial charge in [0.15, 0.2) is 0 Å². The van der Waals surface area contributed by atoms with E-state index in [9.17, 15) is 9.59 Å². The average molecular weight is 444 g/mol. The van der Waals surface area contributed by atoms with Crippen LogP contribution in [0.15, 0.2) is 78.9 Å². The molecule has 3 rings (SSSR count). The van der Waals surface area contributed by atoms with Gasteiger partial charge in [-0.05, 0) is 56.2 Å². The third kappa shape index (κ3) is 6.22. The lowest BCUT2D eigenvalue weighted by Gasteiger charge is -2.37. The molecule has 1 N–H and O–H groups in total. The molecule has 33 heavy (non-hydrogen) atoms. The SMILES string of the molecule is Cc1ccc(CN(C(=O)Cc2ccccc2)C(C)(C)C(=O)Nc2ccc(N(C)C)cc2)cc1. The van der Waals surface area contributed by atoms with Gasteiger partial charge in [0.2, 0.25) is 11.8 Å². The highest BCUT2D eigenvalue weighted by molar-refractivity contribution is 6.00. The van der Waals surface area contributed by atoms with E-state index in [1.165, 1.54) is 0 Å². The molecule has 5 heteroatoms. The monoisotopic (exact) mass is 443 g/mol. The van der Waals surface area contributed by atoms with Crippen molar-refractivity contribution in [3.8, 4) is 0 Å². The molecule has 0 heterocycles. The van der Waals surface area contributed by atoms with E-state index in [1.807, 2.05) is 105 Å². The Balaban J connectivity index is 1.84. The van der Waals surface area contributed by atoms with Gasteiger partial charge in [-0.1, -0.05) is 60.2 Å². The number of anilines is 2. The summed E-state index contributed by atoms with van der Waals surface area (Å²) in [6.45, 7) is 5.98. The molecule has 0 fully saturated rings. The summed E-state index contributed by atoms with van der Waals surface area (Å²) in [6.07, 6.45) is 0.237. The zero-order valence-electron chi connectivity index (χ0n) is 20.1. The molecule has 0 aromatic heterocycles. The van der Waals surface area contributed by atoms with Gasteiger partial charge in [0, 0.05) is 32.0 Å². The fourth-order valence-corrected chi connectivity index (χ4v) is 3.59. The number of aryl methyl sites for hydroxylation is 1. The maximum atomic E-state index is 13.4. The van der Waals surface area contributed by atoms with Crippen molar-refractivity contribution in [1.82, 2.24) is 4.90 Å². The summed E-state index contributed by atoms with van der Waals surface area (Å²) < 4.78 is 0. The second-order valence-electron chi connectivity index (χ2n) is 9.08. The standard InChI is InChI=1S/C28H33N3O2/c1-21-11-13-23(14-12-21)20-31(26(32)19-22-9-7-6-8-10-22)28(2,3)27(33)29-24-15-17-25(18-16-24)30(4)5/h6-18H,19-20H2,1-5H3,(H,29,33). The predicted molar refractivity (Wildman–Crippen MR) is 135 cm³/mol. The summed E-state index contributed by atoms with van der Waals surface area (Å²) in [5.41, 5.74) is 3.75. The van der Waals surface area contributed by atoms with Crippen LogP contribution in [0.3, 0.4) is 0 Å². The molecule has 2 amide bonds. The quantitative estimate of drug-likeness (QED) is 0.530. The minimum absolute atomic E-state index is 0.0927. The molecule has 3 aromatic rings. The molecule has 0 spiro atoms. The third-order valence-electron chi connectivity index (χ3n) is 5.83. The Morgan fingerprint density at radius 2 is 1.42 bits per heavy atom. The minimum atomic E-state index is -1.06. The van der Waals surface area contributed by atoms with Gasteiger partial charge in [0.25, 0.3) is 0 Å². The third-order valence-corrected chi connectivity index (χ3v) is 5.83. The van der Waals surface area contributed by atoms with Crippen LogP contribution in [0.4, 0.5) is 11.4 Å². The molecule has 5 nitrogen and oxygen atoms in total. The van der Waals surface area contributed by atoms with E-state index in [4.69, 9.17) is 0 Å². The Hall–Kier alpha value is -3.60. The first-order valence-corrected chi connectivity index (χ1v) is 11.2. The first-order valence-electron chi connectivity index (χ1n) is 11.2. The smallest absolute Gasteiger partial charge is 0.249 e. The van der Waals surface area contributed by atoms with E-state index in [-0.39, 0.29) is 18.2 Å². The van der Waals surface area contributed by atoms with Gasteiger partial charge in [-0.15, -0.1) is 0 Å². The maximum Gasteiger partial charge on any atom is 0.249 e. The molecular weight excluding hydrogens is 410 g/mol. The Morgan fingerprint density at radius 3 is 2.00 bits per heavy atom. The molecule has 0 radical (unpaired) electrons. The fourth-order valence-electron chi connectivity index (χ4n) is 3.59. The molecule has 172 valence electrons. The van der Waals surface area contributed by atoms with Gasteiger partial charge >= 0.3 is 0 Å². The van der Waals surface area contributed by atoms with Crippen LogP contribution in [0.2, 0.25) is 0 Å². The summed E-state index contributed by atoms with van der Waals surface area (Å²) in [4.78, 5) is 30.5. The second kappa shape index (κ2) is 10.3. The topological polar surface area (TPSA) is 52.7 Å². The molecule has 0 aliphatic rings. The lowest BCUT2D eigenvalue weighted by atomic mass is 9.98. The number of nitrogens with one attached hydrogen (secondary N) is 1. The Kier molecular flexibility index (Phi) is 7.54. The van der Waals surface area contributed by atoms with Gasteiger partial charge in [-0.3, -0.25) is 9.59 Å². The zero-order valence-corrected chi connectivity index (χ0v) is 20.1. The molecule has 3 aromatic carbocycles. The van der Waals surface area contributed by atoms with Crippen LogP contribution in [-0.4, -0.2) is 36.3 Å². The largest absolute Gasteiger partial charge is 0.378 e. The van der Waals surface area contributed by atoms with Crippen molar-refractivity contribution in [2.75, 3.05) is 24.3 Å². The van der Waals surface area contributed by atoms with Crippen molar-refractivity contribution in [3.63, 3.8) is 0 Å². The fraction of sp³-hybridized carbons (Fsp3) is 0.286. The van der Waals surface area contributed by atoms with Crippen LogP contribution in [0.25, 0.3) is 0 Å². The summed E-state index contributed by atoms with van der Waals surface area (Å²) in [6, 6.07) is 25.3. The molecular formula is C28H33N3O2. The number of hydrogen-bond acceptors (Lipinski definition) is 3. The van der Waals surface area contributed by atoms with Crippen molar-refractivity contribution in [3.05, 3.63) is 95.6 Å². The van der Waals surface area contributed by atoms with Crippen LogP contribution in [0.5, 0.6) is 0 Å². The summed E-state index contributed by atoms with van der Waals surface area (Å²) in [7, 11) is 3.94. The summed E-state index contributed by atoms with van der Waals surface area (Å²) >= 11 is 0. The summed E-state index contributed by atoms with van der Waals surface area (Å²) in [5, 5.41) is 2.99. The van der Waals surface area contributed by atoms with Gasteiger partial charge < -0.3 is 15.1 Å². The number of benzene rings is 3. The highest BCUT2D eigenvalue weighted by Gasteiger charge is 2.37. The first-order chi connectivity index (χ1) is 15.7. The van der Waals surface area contributed by atoms with Crippen LogP contribution in [0, 0.1) is 6.92 Å². The molecule has 0 saturated carbocycles. The molecule has 0 bridgehead atoms. The Bertz CT molecular complexity index is 1070. The minimum Gasteiger partial charge on any atom is -0.378 e. The van der Waals surface area contributed by atoms with Gasteiger partial charge in [-0.2, -0.15) is 0 Å². The van der Waals surface area contributed by atoms with E-state index < -0.39 is 5.54 Å². The van der Waals surface area contributed by atoms with Crippen LogP contribution in [-0.2, 0) is 22.6 Å². The van der Waals surface area contributed by atoms with Gasteiger partial charge in [0.05, 0.1) is 6.42 Å². The van der Waals surface area contributed by atoms with E-state index in [0.29, 0.717) is 12.2 Å². The number of hydrogen-bond donors (Lipinski definition) is 1. The number of nitrogens with zero attached hydrogens (tertiary/aromatic N) is 2. The van der Waals surface area contributed by atoms with E-state index in [1.54, 1.807) is 18.7 Å². The highest BCUT2D eigenvalue weighted by atomic mass is 16.2.